The first kappa shape index (κ1) is 36.8. The quantitative estimate of drug-likeness (QED) is 0.145. The molecule has 292 valence electrons. The third-order valence-corrected chi connectivity index (χ3v) is 11.8. The summed E-state index contributed by atoms with van der Waals surface area (Å²) in [7, 11) is 0. The van der Waals surface area contributed by atoms with Gasteiger partial charge < -0.3 is 9.32 Å². The average Bonchev–Trinajstić information content (AvgIpc) is 3.73. The maximum atomic E-state index is 6.15. The van der Waals surface area contributed by atoms with Crippen LogP contribution in [0.15, 0.2) is 253 Å². The summed E-state index contributed by atoms with van der Waals surface area (Å²) in [6.07, 6.45) is 0. The minimum Gasteiger partial charge on any atom is -0.456 e. The van der Waals surface area contributed by atoms with E-state index in [1.807, 2.05) is 12.1 Å². The van der Waals surface area contributed by atoms with E-state index in [1.54, 1.807) is 0 Å². The van der Waals surface area contributed by atoms with Crippen LogP contribution in [-0.2, 0) is 0 Å². The molecule has 1 aromatic heterocycles. The molecule has 0 unspecified atom stereocenters. The molecule has 0 fully saturated rings. The van der Waals surface area contributed by atoms with E-state index in [9.17, 15) is 0 Å². The molecule has 62 heavy (non-hydrogen) atoms. The molecule has 0 radical (unpaired) electrons. The predicted octanol–water partition coefficient (Wildman–Crippen LogP) is 17.1. The number of hydrogen-bond donors (Lipinski definition) is 0. The van der Waals surface area contributed by atoms with Gasteiger partial charge in [0.25, 0.3) is 0 Å². The molecule has 11 rings (SSSR count). The fourth-order valence-electron chi connectivity index (χ4n) is 8.72. The van der Waals surface area contributed by atoms with Crippen molar-refractivity contribution >= 4 is 39.0 Å². The number of furan rings is 1. The van der Waals surface area contributed by atoms with E-state index >= 15 is 0 Å². The van der Waals surface area contributed by atoms with Crippen LogP contribution >= 0.6 is 0 Å². The van der Waals surface area contributed by atoms with Gasteiger partial charge in [0.05, 0.1) is 0 Å². The summed E-state index contributed by atoms with van der Waals surface area (Å²) in [6.45, 7) is 0. The van der Waals surface area contributed by atoms with E-state index in [4.69, 9.17) is 4.42 Å². The summed E-state index contributed by atoms with van der Waals surface area (Å²) >= 11 is 0. The van der Waals surface area contributed by atoms with E-state index < -0.39 is 0 Å². The molecular formula is C60H41NO. The van der Waals surface area contributed by atoms with Crippen LogP contribution < -0.4 is 4.90 Å². The molecule has 0 atom stereocenters. The van der Waals surface area contributed by atoms with Gasteiger partial charge in [-0.25, -0.2) is 0 Å². The first-order valence-corrected chi connectivity index (χ1v) is 21.1. The molecule has 0 saturated heterocycles. The zero-order chi connectivity index (χ0) is 41.2. The Balaban J connectivity index is 1.01. The first-order chi connectivity index (χ1) is 30.7. The molecule has 0 amide bonds. The molecule has 2 heteroatoms. The van der Waals surface area contributed by atoms with E-state index in [0.29, 0.717) is 0 Å². The van der Waals surface area contributed by atoms with Crippen molar-refractivity contribution in [1.82, 2.24) is 0 Å². The molecule has 0 aliphatic carbocycles. The third-order valence-electron chi connectivity index (χ3n) is 11.8. The second-order valence-electron chi connectivity index (χ2n) is 15.8. The van der Waals surface area contributed by atoms with Crippen molar-refractivity contribution in [3.63, 3.8) is 0 Å². The highest BCUT2D eigenvalue weighted by Gasteiger charge is 2.17. The second-order valence-corrected chi connectivity index (χ2v) is 15.8. The third kappa shape index (κ3) is 7.25. The number of fused-ring (bicyclic) bond motifs is 3. The van der Waals surface area contributed by atoms with Gasteiger partial charge in [-0.2, -0.15) is 0 Å². The van der Waals surface area contributed by atoms with Crippen LogP contribution in [-0.4, -0.2) is 0 Å². The lowest BCUT2D eigenvalue weighted by molar-refractivity contribution is 0.669. The summed E-state index contributed by atoms with van der Waals surface area (Å²) in [5.74, 6) is 0. The van der Waals surface area contributed by atoms with Crippen LogP contribution in [0.4, 0.5) is 17.1 Å². The van der Waals surface area contributed by atoms with Crippen LogP contribution in [0.1, 0.15) is 0 Å². The molecule has 2 nitrogen and oxygen atoms in total. The van der Waals surface area contributed by atoms with Crippen molar-refractivity contribution in [1.29, 1.82) is 0 Å². The van der Waals surface area contributed by atoms with Gasteiger partial charge in [-0.05, 0) is 140 Å². The fourth-order valence-corrected chi connectivity index (χ4v) is 8.72. The maximum Gasteiger partial charge on any atom is 0.135 e. The molecule has 10 aromatic carbocycles. The topological polar surface area (TPSA) is 16.4 Å². The second kappa shape index (κ2) is 16.1. The zero-order valence-corrected chi connectivity index (χ0v) is 34.0. The lowest BCUT2D eigenvalue weighted by Crippen LogP contribution is -2.10. The van der Waals surface area contributed by atoms with Gasteiger partial charge in [-0.1, -0.05) is 176 Å². The number of benzene rings is 10. The summed E-state index contributed by atoms with van der Waals surface area (Å²) < 4.78 is 6.15. The molecule has 0 aliphatic rings. The first-order valence-electron chi connectivity index (χ1n) is 21.1. The average molecular weight is 792 g/mol. The predicted molar refractivity (Wildman–Crippen MR) is 261 cm³/mol. The van der Waals surface area contributed by atoms with Crippen LogP contribution in [0.2, 0.25) is 0 Å². The molecule has 0 spiro atoms. The standard InChI is InChI=1S/C60H41NO/c1-3-15-42(16-4-1)44-19-9-21-46(35-44)50-25-12-28-54(38-50)61(55-29-13-26-51(39-55)47-22-10-20-45(36-47)43-17-5-2-6-18-43)56-30-14-27-52(40-56)48-23-11-24-49(37-48)53-33-34-60-58(41-53)57-31-7-8-32-59(57)62-60/h1-41H. The van der Waals surface area contributed by atoms with Gasteiger partial charge in [0.15, 0.2) is 0 Å². The van der Waals surface area contributed by atoms with Crippen LogP contribution in [0, 0.1) is 0 Å². The molecule has 11 aromatic rings. The molecular weight excluding hydrogens is 751 g/mol. The summed E-state index contributed by atoms with van der Waals surface area (Å²) in [6, 6.07) is 89.2. The fraction of sp³-hybridized carbons (Fsp3) is 0. The highest BCUT2D eigenvalue weighted by molar-refractivity contribution is 6.06. The van der Waals surface area contributed by atoms with Crippen molar-refractivity contribution in [3.8, 4) is 66.8 Å². The Morgan fingerprint density at radius 2 is 0.532 bits per heavy atom. The molecule has 0 bridgehead atoms. The molecule has 1 heterocycles. The van der Waals surface area contributed by atoms with Crippen molar-refractivity contribution in [2.45, 2.75) is 0 Å². The number of anilines is 3. The van der Waals surface area contributed by atoms with Crippen LogP contribution in [0.3, 0.4) is 0 Å². The number of nitrogens with zero attached hydrogens (tertiary/aromatic N) is 1. The Hall–Kier alpha value is -8.20. The normalized spacial score (nSPS) is 11.2. The van der Waals surface area contributed by atoms with Gasteiger partial charge in [0.1, 0.15) is 11.2 Å². The van der Waals surface area contributed by atoms with E-state index in [-0.39, 0.29) is 0 Å². The van der Waals surface area contributed by atoms with Crippen LogP contribution in [0.5, 0.6) is 0 Å². The molecule has 0 aliphatic heterocycles. The molecule has 0 saturated carbocycles. The smallest absolute Gasteiger partial charge is 0.135 e. The largest absolute Gasteiger partial charge is 0.456 e. The van der Waals surface area contributed by atoms with Crippen molar-refractivity contribution in [3.05, 3.63) is 249 Å². The van der Waals surface area contributed by atoms with Gasteiger partial charge in [0, 0.05) is 27.8 Å². The highest BCUT2D eigenvalue weighted by Crippen LogP contribution is 2.41. The Morgan fingerprint density at radius 3 is 0.984 bits per heavy atom. The lowest BCUT2D eigenvalue weighted by atomic mass is 9.97. The Kier molecular flexibility index (Phi) is 9.57. The number of para-hydroxylation sites is 1. The highest BCUT2D eigenvalue weighted by atomic mass is 16.3. The van der Waals surface area contributed by atoms with Gasteiger partial charge in [-0.3, -0.25) is 0 Å². The van der Waals surface area contributed by atoms with E-state index in [0.717, 1.165) is 72.4 Å². The summed E-state index contributed by atoms with van der Waals surface area (Å²) in [5.41, 5.74) is 19.1. The van der Waals surface area contributed by atoms with Crippen molar-refractivity contribution in [2.24, 2.45) is 0 Å². The lowest BCUT2D eigenvalue weighted by Gasteiger charge is -2.27. The summed E-state index contributed by atoms with van der Waals surface area (Å²) in [4.78, 5) is 2.39. The minimum absolute atomic E-state index is 0.903. The van der Waals surface area contributed by atoms with Crippen LogP contribution in [0.25, 0.3) is 88.7 Å². The monoisotopic (exact) mass is 791 g/mol. The van der Waals surface area contributed by atoms with Crippen molar-refractivity contribution in [2.75, 3.05) is 4.90 Å². The minimum atomic E-state index is 0.903. The van der Waals surface area contributed by atoms with Gasteiger partial charge in [-0.15, -0.1) is 0 Å². The van der Waals surface area contributed by atoms with E-state index in [2.05, 4.69) is 241 Å². The Bertz CT molecular complexity index is 3240. The van der Waals surface area contributed by atoms with Gasteiger partial charge >= 0.3 is 0 Å². The Labute approximate surface area is 362 Å². The van der Waals surface area contributed by atoms with E-state index in [1.165, 1.54) is 33.4 Å². The number of rotatable bonds is 9. The number of hydrogen-bond acceptors (Lipinski definition) is 2. The Morgan fingerprint density at radius 1 is 0.210 bits per heavy atom. The van der Waals surface area contributed by atoms with Crippen molar-refractivity contribution < 1.29 is 4.42 Å². The summed E-state index contributed by atoms with van der Waals surface area (Å²) in [5, 5.41) is 2.26. The van der Waals surface area contributed by atoms with Gasteiger partial charge in [0.2, 0.25) is 0 Å². The maximum absolute atomic E-state index is 6.15. The zero-order valence-electron chi connectivity index (χ0n) is 34.0. The molecule has 0 N–H and O–H groups in total. The SMILES string of the molecule is c1ccc(-c2cccc(-c3cccc(N(c4cccc(-c5cccc(-c6ccccc6)c5)c4)c4cccc(-c5cccc(-c6ccc7oc8ccccc8c7c6)c5)c4)c3)c2)cc1.